The highest BCUT2D eigenvalue weighted by Crippen LogP contribution is 2.27. The molecule has 0 aromatic heterocycles. The van der Waals surface area contributed by atoms with Crippen molar-refractivity contribution in [1.82, 2.24) is 0 Å². The van der Waals surface area contributed by atoms with Crippen LogP contribution in [0.25, 0.3) is 0 Å². The quantitative estimate of drug-likeness (QED) is 0.421. The van der Waals surface area contributed by atoms with E-state index >= 15 is 0 Å². The average Bonchev–Trinajstić information content (AvgIpc) is 2.08. The molecule has 0 aliphatic rings. The van der Waals surface area contributed by atoms with E-state index in [9.17, 15) is 0 Å². The molecule has 0 saturated heterocycles. The molecule has 0 saturated carbocycles. The first-order valence-corrected chi connectivity index (χ1v) is 4.73. The van der Waals surface area contributed by atoms with Crippen LogP contribution < -0.4 is 0 Å². The molecule has 62 valence electrons. The van der Waals surface area contributed by atoms with Gasteiger partial charge in [-0.05, 0) is 19.8 Å². The van der Waals surface area contributed by atoms with Crippen molar-refractivity contribution in [3.05, 3.63) is 12.2 Å². The van der Waals surface area contributed by atoms with Gasteiger partial charge in [-0.25, -0.2) is 0 Å². The lowest BCUT2D eigenvalue weighted by Crippen LogP contribution is -2.26. The van der Waals surface area contributed by atoms with E-state index in [1.165, 1.54) is 0 Å². The van der Waals surface area contributed by atoms with Crippen molar-refractivity contribution in [2.24, 2.45) is 0 Å². The van der Waals surface area contributed by atoms with E-state index < -0.39 is 0 Å². The van der Waals surface area contributed by atoms with Gasteiger partial charge in [0, 0.05) is 0 Å². The molecule has 0 N–H and O–H groups in total. The summed E-state index contributed by atoms with van der Waals surface area (Å²) in [5.41, 5.74) is -0.146. The van der Waals surface area contributed by atoms with E-state index in [1.807, 2.05) is 36.0 Å². The number of hydrogen-bond acceptors (Lipinski definition) is 1. The maximum absolute atomic E-state index is 5.61. The minimum atomic E-state index is -0.146. The van der Waals surface area contributed by atoms with Gasteiger partial charge in [-0.15, -0.1) is 0 Å². The highest BCUT2D eigenvalue weighted by atomic mass is 127. The second-order valence-electron chi connectivity index (χ2n) is 2.59. The molecule has 0 bridgehead atoms. The normalized spacial score (nSPS) is 17.0. The van der Waals surface area contributed by atoms with Gasteiger partial charge in [-0.2, -0.15) is 0 Å². The molecule has 0 spiro atoms. The molecule has 1 unspecified atom stereocenters. The molecule has 3 heteroatoms. The predicted octanol–water partition coefficient (Wildman–Crippen LogP) is 3.05. The van der Waals surface area contributed by atoms with E-state index in [2.05, 4.69) is 13.0 Å². The van der Waals surface area contributed by atoms with Crippen molar-refractivity contribution < 1.29 is 3.07 Å². The minimum Gasteiger partial charge on any atom is -0.310 e. The molecule has 0 fully saturated rings. The van der Waals surface area contributed by atoms with Crippen LogP contribution in [0.1, 0.15) is 26.7 Å². The maximum atomic E-state index is 5.61. The summed E-state index contributed by atoms with van der Waals surface area (Å²) in [4.78, 5) is 0. The Bertz CT molecular complexity index is 113. The lowest BCUT2D eigenvalue weighted by molar-refractivity contribution is 0.148. The number of allylic oxidation sites excluding steroid dienone is 1. The molecule has 11 heavy (non-hydrogen) atoms. The van der Waals surface area contributed by atoms with Crippen molar-refractivity contribution in [3.8, 4) is 0 Å². The molecule has 2 radical (unpaired) electrons. The molecule has 0 amide bonds. The van der Waals surface area contributed by atoms with Crippen LogP contribution in [-0.4, -0.2) is 13.4 Å². The third-order valence-corrected chi connectivity index (χ3v) is 2.84. The molecular formula is C8H14BIO. The number of halogens is 1. The number of rotatable bonds is 5. The fraction of sp³-hybridized carbons (Fsp3) is 0.750. The van der Waals surface area contributed by atoms with Crippen LogP contribution in [0.2, 0.25) is 6.32 Å². The first kappa shape index (κ1) is 11.5. The zero-order chi connectivity index (χ0) is 8.74. The van der Waals surface area contributed by atoms with E-state index in [0.717, 1.165) is 12.8 Å². The smallest absolute Gasteiger partial charge is 0.110 e. The van der Waals surface area contributed by atoms with Crippen LogP contribution in [0.3, 0.4) is 0 Å². The molecule has 0 aliphatic heterocycles. The molecule has 1 nitrogen and oxygen atoms in total. The standard InChI is InChI=1S/C8H14BIO/c1-3-5-6-8(4-2,7-9)11-10/h3,5H,4,6-7H2,1-2H3. The van der Waals surface area contributed by atoms with E-state index in [-0.39, 0.29) is 5.60 Å². The Balaban J connectivity index is 4.04. The van der Waals surface area contributed by atoms with E-state index in [1.54, 1.807) is 0 Å². The molecule has 0 rings (SSSR count). The van der Waals surface area contributed by atoms with Gasteiger partial charge in [0.1, 0.15) is 23.0 Å². The lowest BCUT2D eigenvalue weighted by atomic mass is 9.82. The Morgan fingerprint density at radius 3 is 2.55 bits per heavy atom. The summed E-state index contributed by atoms with van der Waals surface area (Å²) in [6.45, 7) is 4.10. The number of hydrogen-bond donors (Lipinski definition) is 0. The lowest BCUT2D eigenvalue weighted by Gasteiger charge is -2.27. The van der Waals surface area contributed by atoms with Crippen molar-refractivity contribution in [1.29, 1.82) is 0 Å². The summed E-state index contributed by atoms with van der Waals surface area (Å²) >= 11 is 1.93. The van der Waals surface area contributed by atoms with Crippen LogP contribution in [0, 0.1) is 0 Å². The van der Waals surface area contributed by atoms with Gasteiger partial charge in [0.05, 0.1) is 13.4 Å². The average molecular weight is 264 g/mol. The highest BCUT2D eigenvalue weighted by molar-refractivity contribution is 14.1. The van der Waals surface area contributed by atoms with Crippen molar-refractivity contribution in [3.63, 3.8) is 0 Å². The van der Waals surface area contributed by atoms with Gasteiger partial charge in [0.25, 0.3) is 0 Å². The molecule has 0 heterocycles. The van der Waals surface area contributed by atoms with Crippen LogP contribution >= 0.6 is 23.0 Å². The maximum Gasteiger partial charge on any atom is 0.110 e. The van der Waals surface area contributed by atoms with Crippen LogP contribution in [0.15, 0.2) is 12.2 Å². The molecule has 0 aromatic rings. The first-order valence-electron chi connectivity index (χ1n) is 3.85. The topological polar surface area (TPSA) is 9.23 Å². The van der Waals surface area contributed by atoms with E-state index in [0.29, 0.717) is 6.32 Å². The second-order valence-corrected chi connectivity index (χ2v) is 3.03. The Kier molecular flexibility index (Phi) is 6.33. The van der Waals surface area contributed by atoms with Crippen LogP contribution in [0.4, 0.5) is 0 Å². The Labute approximate surface area is 84.7 Å². The van der Waals surface area contributed by atoms with Gasteiger partial charge in [0.2, 0.25) is 0 Å². The Morgan fingerprint density at radius 1 is 1.64 bits per heavy atom. The second kappa shape index (κ2) is 6.06. The summed E-state index contributed by atoms with van der Waals surface area (Å²) < 4.78 is 5.33. The third-order valence-electron chi connectivity index (χ3n) is 1.91. The minimum absolute atomic E-state index is 0.146. The monoisotopic (exact) mass is 264 g/mol. The third kappa shape index (κ3) is 3.60. The fourth-order valence-electron chi connectivity index (χ4n) is 0.822. The summed E-state index contributed by atoms with van der Waals surface area (Å²) in [6.07, 6.45) is 6.55. The van der Waals surface area contributed by atoms with Gasteiger partial charge in [-0.3, -0.25) is 0 Å². The largest absolute Gasteiger partial charge is 0.310 e. The zero-order valence-electron chi connectivity index (χ0n) is 7.14. The summed E-state index contributed by atoms with van der Waals surface area (Å²) in [6, 6.07) is 0. The zero-order valence-corrected chi connectivity index (χ0v) is 9.30. The van der Waals surface area contributed by atoms with Crippen molar-refractivity contribution in [2.75, 3.05) is 0 Å². The van der Waals surface area contributed by atoms with Crippen LogP contribution in [0.5, 0.6) is 0 Å². The van der Waals surface area contributed by atoms with Gasteiger partial charge >= 0.3 is 0 Å². The van der Waals surface area contributed by atoms with Crippen molar-refractivity contribution >= 4 is 30.9 Å². The fourth-order valence-corrected chi connectivity index (χ4v) is 1.49. The molecule has 0 aliphatic carbocycles. The Hall–Kier alpha value is 0.495. The summed E-state index contributed by atoms with van der Waals surface area (Å²) in [5.74, 6) is 0. The molecular weight excluding hydrogens is 250 g/mol. The SMILES string of the molecule is [B]CC(CC)(CC=CC)OI. The van der Waals surface area contributed by atoms with E-state index in [4.69, 9.17) is 10.9 Å². The predicted molar refractivity (Wildman–Crippen MR) is 58.1 cm³/mol. The summed E-state index contributed by atoms with van der Waals surface area (Å²) in [7, 11) is 5.61. The molecule has 0 aromatic carbocycles. The van der Waals surface area contributed by atoms with Gasteiger partial charge in [0.15, 0.2) is 0 Å². The Morgan fingerprint density at radius 2 is 2.27 bits per heavy atom. The van der Waals surface area contributed by atoms with Crippen LogP contribution in [-0.2, 0) is 3.07 Å². The highest BCUT2D eigenvalue weighted by Gasteiger charge is 2.23. The first-order chi connectivity index (χ1) is 5.24. The van der Waals surface area contributed by atoms with Gasteiger partial charge in [-0.1, -0.05) is 25.4 Å². The molecule has 1 atom stereocenters. The van der Waals surface area contributed by atoms with Crippen molar-refractivity contribution in [2.45, 2.75) is 38.6 Å². The summed E-state index contributed by atoms with van der Waals surface area (Å²) in [5, 5.41) is 0. The van der Waals surface area contributed by atoms with Gasteiger partial charge < -0.3 is 3.07 Å².